The summed E-state index contributed by atoms with van der Waals surface area (Å²) < 4.78 is 7.86. The molecule has 2 rings (SSSR count). The minimum Gasteiger partial charge on any atom is -0.372 e. The van der Waals surface area contributed by atoms with Crippen molar-refractivity contribution in [3.63, 3.8) is 0 Å². The van der Waals surface area contributed by atoms with Crippen LogP contribution in [0.15, 0.2) is 6.07 Å². The molecule has 1 aliphatic carbocycles. The van der Waals surface area contributed by atoms with E-state index in [9.17, 15) is 0 Å². The fraction of sp³-hybridized carbons (Fsp3) is 0.769. The summed E-state index contributed by atoms with van der Waals surface area (Å²) in [5.41, 5.74) is 8.24. The summed E-state index contributed by atoms with van der Waals surface area (Å²) in [5.74, 6) is 0. The highest BCUT2D eigenvalue weighted by atomic mass is 16.5. The van der Waals surface area contributed by atoms with Gasteiger partial charge in [0.15, 0.2) is 0 Å². The second kappa shape index (κ2) is 5.65. The first-order valence-corrected chi connectivity index (χ1v) is 6.58. The quantitative estimate of drug-likeness (QED) is 0.868. The second-order valence-corrected chi connectivity index (χ2v) is 4.96. The van der Waals surface area contributed by atoms with Crippen LogP contribution < -0.4 is 5.73 Å². The highest BCUT2D eigenvalue weighted by molar-refractivity contribution is 5.09. The maximum atomic E-state index is 5.95. The van der Waals surface area contributed by atoms with Gasteiger partial charge in [-0.05, 0) is 38.2 Å². The molecule has 4 heteroatoms. The number of aromatic nitrogens is 2. The first-order chi connectivity index (χ1) is 8.19. The summed E-state index contributed by atoms with van der Waals surface area (Å²) in [6, 6.07) is 2.45. The van der Waals surface area contributed by atoms with E-state index in [2.05, 4.69) is 18.1 Å². The molecular formula is C13H23N3O. The third-order valence-electron chi connectivity index (χ3n) is 3.52. The predicted octanol–water partition coefficient (Wildman–Crippen LogP) is 1.77. The van der Waals surface area contributed by atoms with E-state index >= 15 is 0 Å². The van der Waals surface area contributed by atoms with Crippen LogP contribution in [0.4, 0.5) is 0 Å². The molecule has 1 saturated carbocycles. The molecule has 1 heterocycles. The molecule has 0 spiro atoms. The average Bonchev–Trinajstić information content (AvgIpc) is 2.68. The summed E-state index contributed by atoms with van der Waals surface area (Å²) in [4.78, 5) is 0. The lowest BCUT2D eigenvalue weighted by Gasteiger charge is -2.26. The van der Waals surface area contributed by atoms with E-state index in [-0.39, 0.29) is 0 Å². The number of rotatable bonds is 4. The van der Waals surface area contributed by atoms with Gasteiger partial charge in [-0.2, -0.15) is 5.10 Å². The summed E-state index contributed by atoms with van der Waals surface area (Å²) in [6.07, 6.45) is 5.79. The van der Waals surface area contributed by atoms with E-state index in [0.717, 1.165) is 37.1 Å². The Morgan fingerprint density at radius 3 is 3.00 bits per heavy atom. The first kappa shape index (κ1) is 12.6. The Kier molecular flexibility index (Phi) is 4.18. The van der Waals surface area contributed by atoms with E-state index in [1.54, 1.807) is 0 Å². The van der Waals surface area contributed by atoms with Crippen LogP contribution in [0.1, 0.15) is 44.0 Å². The molecule has 1 aromatic heterocycles. The van der Waals surface area contributed by atoms with Crippen LogP contribution in [0.5, 0.6) is 0 Å². The van der Waals surface area contributed by atoms with Gasteiger partial charge in [0.1, 0.15) is 0 Å². The number of ether oxygens (including phenoxy) is 1. The lowest BCUT2D eigenvalue weighted by molar-refractivity contribution is 0.00939. The minimum atomic E-state index is 0.325. The summed E-state index contributed by atoms with van der Waals surface area (Å²) >= 11 is 0. The molecule has 0 aromatic carbocycles. The zero-order valence-electron chi connectivity index (χ0n) is 10.9. The van der Waals surface area contributed by atoms with E-state index in [0.29, 0.717) is 18.8 Å². The van der Waals surface area contributed by atoms with E-state index in [4.69, 9.17) is 10.5 Å². The van der Waals surface area contributed by atoms with Crippen LogP contribution in [-0.2, 0) is 24.8 Å². The molecule has 1 aromatic rings. The third kappa shape index (κ3) is 3.30. The van der Waals surface area contributed by atoms with E-state index in [1.807, 2.05) is 11.7 Å². The van der Waals surface area contributed by atoms with Gasteiger partial charge < -0.3 is 10.5 Å². The molecule has 2 unspecified atom stereocenters. The Hall–Kier alpha value is -0.870. The van der Waals surface area contributed by atoms with Crippen molar-refractivity contribution in [1.29, 1.82) is 0 Å². The third-order valence-corrected chi connectivity index (χ3v) is 3.52. The van der Waals surface area contributed by atoms with Crippen LogP contribution in [0.3, 0.4) is 0 Å². The fourth-order valence-electron chi connectivity index (χ4n) is 2.42. The van der Waals surface area contributed by atoms with Gasteiger partial charge >= 0.3 is 0 Å². The van der Waals surface area contributed by atoms with Crippen LogP contribution >= 0.6 is 0 Å². The number of hydrogen-bond acceptors (Lipinski definition) is 3. The van der Waals surface area contributed by atoms with Crippen molar-refractivity contribution in [3.8, 4) is 0 Å². The Bertz CT molecular complexity index is 362. The summed E-state index contributed by atoms with van der Waals surface area (Å²) in [5, 5.41) is 4.42. The fourth-order valence-corrected chi connectivity index (χ4v) is 2.42. The highest BCUT2D eigenvalue weighted by Gasteiger charge is 2.20. The van der Waals surface area contributed by atoms with Gasteiger partial charge in [-0.15, -0.1) is 0 Å². The standard InChI is InChI=1S/C13H23N3O/c1-3-11-8-12(16(2)15-11)9-17-13-6-4-5-10(14)7-13/h8,10,13H,3-7,9,14H2,1-2H3. The summed E-state index contributed by atoms with van der Waals surface area (Å²) in [7, 11) is 1.98. The molecule has 2 N–H and O–H groups in total. The number of nitrogens with two attached hydrogens (primary N) is 1. The maximum Gasteiger partial charge on any atom is 0.0888 e. The first-order valence-electron chi connectivity index (χ1n) is 6.58. The largest absolute Gasteiger partial charge is 0.372 e. The normalized spacial score (nSPS) is 25.1. The molecule has 1 fully saturated rings. The lowest BCUT2D eigenvalue weighted by Crippen LogP contribution is -2.32. The molecule has 0 saturated heterocycles. The van der Waals surface area contributed by atoms with Crippen LogP contribution in [0.25, 0.3) is 0 Å². The van der Waals surface area contributed by atoms with Crippen molar-refractivity contribution in [2.45, 2.75) is 57.8 Å². The average molecular weight is 237 g/mol. The predicted molar refractivity (Wildman–Crippen MR) is 67.6 cm³/mol. The molecule has 0 amide bonds. The Morgan fingerprint density at radius 1 is 1.53 bits per heavy atom. The van der Waals surface area contributed by atoms with Gasteiger partial charge in [-0.3, -0.25) is 4.68 Å². The van der Waals surface area contributed by atoms with Crippen molar-refractivity contribution in [3.05, 3.63) is 17.5 Å². The summed E-state index contributed by atoms with van der Waals surface area (Å²) in [6.45, 7) is 2.77. The van der Waals surface area contributed by atoms with Crippen LogP contribution in [0, 0.1) is 0 Å². The number of nitrogens with zero attached hydrogens (tertiary/aromatic N) is 2. The van der Waals surface area contributed by atoms with Gasteiger partial charge in [0.2, 0.25) is 0 Å². The highest BCUT2D eigenvalue weighted by Crippen LogP contribution is 2.21. The molecule has 2 atom stereocenters. The Morgan fingerprint density at radius 2 is 2.35 bits per heavy atom. The van der Waals surface area contributed by atoms with Crippen LogP contribution in [0.2, 0.25) is 0 Å². The molecule has 0 aliphatic heterocycles. The van der Waals surface area contributed by atoms with Gasteiger partial charge in [0.25, 0.3) is 0 Å². The van der Waals surface area contributed by atoms with Gasteiger partial charge in [0, 0.05) is 13.1 Å². The zero-order chi connectivity index (χ0) is 12.3. The molecule has 1 aliphatic rings. The van der Waals surface area contributed by atoms with Crippen molar-refractivity contribution in [1.82, 2.24) is 9.78 Å². The Labute approximate surface area is 103 Å². The maximum absolute atomic E-state index is 5.95. The topological polar surface area (TPSA) is 53.1 Å². The molecule has 17 heavy (non-hydrogen) atoms. The van der Waals surface area contributed by atoms with Crippen LogP contribution in [-0.4, -0.2) is 21.9 Å². The number of aryl methyl sites for hydroxylation is 2. The SMILES string of the molecule is CCc1cc(COC2CCCC(N)C2)n(C)n1. The van der Waals surface area contributed by atoms with Crippen molar-refractivity contribution < 1.29 is 4.74 Å². The molecular weight excluding hydrogens is 214 g/mol. The van der Waals surface area contributed by atoms with Crippen molar-refractivity contribution >= 4 is 0 Å². The second-order valence-electron chi connectivity index (χ2n) is 4.96. The van der Waals surface area contributed by atoms with Gasteiger partial charge in [-0.1, -0.05) is 6.92 Å². The molecule has 96 valence electrons. The van der Waals surface area contributed by atoms with Crippen molar-refractivity contribution in [2.24, 2.45) is 12.8 Å². The Balaban J connectivity index is 1.86. The van der Waals surface area contributed by atoms with Gasteiger partial charge in [0.05, 0.1) is 24.1 Å². The molecule has 0 bridgehead atoms. The smallest absolute Gasteiger partial charge is 0.0888 e. The molecule has 4 nitrogen and oxygen atoms in total. The zero-order valence-corrected chi connectivity index (χ0v) is 10.9. The van der Waals surface area contributed by atoms with Crippen molar-refractivity contribution in [2.75, 3.05) is 0 Å². The number of hydrogen-bond donors (Lipinski definition) is 1. The van der Waals surface area contributed by atoms with E-state index in [1.165, 1.54) is 6.42 Å². The van der Waals surface area contributed by atoms with E-state index < -0.39 is 0 Å². The monoisotopic (exact) mass is 237 g/mol. The van der Waals surface area contributed by atoms with Gasteiger partial charge in [-0.25, -0.2) is 0 Å². The minimum absolute atomic E-state index is 0.325. The molecule has 0 radical (unpaired) electrons. The lowest BCUT2D eigenvalue weighted by atomic mass is 9.94.